The number of aromatic nitrogens is 3. The number of amides is 1. The Labute approximate surface area is 273 Å². The van der Waals surface area contributed by atoms with E-state index in [0.29, 0.717) is 66.8 Å². The Kier molecular flexibility index (Phi) is 8.76. The van der Waals surface area contributed by atoms with E-state index in [-0.39, 0.29) is 17.2 Å². The molecule has 0 saturated carbocycles. The van der Waals surface area contributed by atoms with Gasteiger partial charge in [0.2, 0.25) is 5.95 Å². The zero-order chi connectivity index (χ0) is 33.1. The lowest BCUT2D eigenvalue weighted by atomic mass is 9.70. The number of anilines is 1. The van der Waals surface area contributed by atoms with Gasteiger partial charge in [-0.2, -0.15) is 4.98 Å². The zero-order valence-corrected chi connectivity index (χ0v) is 26.9. The number of ether oxygens (including phenoxy) is 2. The monoisotopic (exact) mass is 631 g/mol. The fourth-order valence-electron chi connectivity index (χ4n) is 6.37. The Balaban J connectivity index is 1.24. The summed E-state index contributed by atoms with van der Waals surface area (Å²) in [5.74, 6) is 1.63. The summed E-state index contributed by atoms with van der Waals surface area (Å²) < 4.78 is 12.2. The third kappa shape index (κ3) is 6.06. The Morgan fingerprint density at radius 3 is 2.23 bits per heavy atom. The van der Waals surface area contributed by atoms with Gasteiger partial charge in [0, 0.05) is 36.7 Å². The maximum absolute atomic E-state index is 13.3. The highest BCUT2D eigenvalue weighted by molar-refractivity contribution is 5.94. The number of rotatable bonds is 9. The topological polar surface area (TPSA) is 116 Å². The van der Waals surface area contributed by atoms with Crippen molar-refractivity contribution in [2.45, 2.75) is 38.6 Å². The molecule has 3 aromatic carbocycles. The Bertz CT molecular complexity index is 2000. The number of ketones is 1. The lowest BCUT2D eigenvalue weighted by Crippen LogP contribution is -2.47. The van der Waals surface area contributed by atoms with Crippen molar-refractivity contribution in [3.8, 4) is 17.2 Å². The standard InChI is InChI=1S/C37H37N5O5/c1-24-30-15-17-33(44)42(29-13-11-27(12-14-29)35(45)38-23-26-10-16-31(46-3)32(22-26)47-4)34(30)40-36(39-24)41-20-18-37(19-21-41,25(2)43)28-8-6-5-7-9-28/h5-17,22H,18-21,23H2,1-4H3,(H,38,45). The average Bonchev–Trinajstić information content (AvgIpc) is 3.10. The number of carbonyl (C=O) groups is 2. The molecule has 47 heavy (non-hydrogen) atoms. The van der Waals surface area contributed by atoms with Crippen LogP contribution in [0.5, 0.6) is 11.5 Å². The van der Waals surface area contributed by atoms with Gasteiger partial charge in [-0.25, -0.2) is 4.98 Å². The number of Topliss-reactive ketones (excluding diaryl/α,β-unsaturated/α-hetero) is 1. The van der Waals surface area contributed by atoms with Gasteiger partial charge < -0.3 is 19.7 Å². The van der Waals surface area contributed by atoms with Gasteiger partial charge in [0.1, 0.15) is 5.78 Å². The predicted octanol–water partition coefficient (Wildman–Crippen LogP) is 5.16. The van der Waals surface area contributed by atoms with Gasteiger partial charge >= 0.3 is 0 Å². The fraction of sp³-hybridized carbons (Fsp3) is 0.270. The van der Waals surface area contributed by atoms with Crippen molar-refractivity contribution in [1.29, 1.82) is 0 Å². The lowest BCUT2D eigenvalue weighted by Gasteiger charge is -2.40. The number of fused-ring (bicyclic) bond motifs is 1. The van der Waals surface area contributed by atoms with Crippen LogP contribution in [0.1, 0.15) is 46.9 Å². The van der Waals surface area contributed by atoms with E-state index in [1.807, 2.05) is 49.4 Å². The highest BCUT2D eigenvalue weighted by Crippen LogP contribution is 2.37. The molecule has 1 fully saturated rings. The molecule has 1 aliphatic heterocycles. The van der Waals surface area contributed by atoms with Crippen molar-refractivity contribution in [2.75, 3.05) is 32.2 Å². The number of piperidine rings is 1. The molecule has 1 amide bonds. The van der Waals surface area contributed by atoms with Crippen LogP contribution in [0, 0.1) is 6.92 Å². The second-order valence-corrected chi connectivity index (χ2v) is 11.8. The van der Waals surface area contributed by atoms with E-state index >= 15 is 0 Å². The normalized spacial score (nSPS) is 14.1. The zero-order valence-electron chi connectivity index (χ0n) is 26.9. The van der Waals surface area contributed by atoms with Gasteiger partial charge in [0.25, 0.3) is 11.5 Å². The fourth-order valence-corrected chi connectivity index (χ4v) is 6.37. The SMILES string of the molecule is COc1ccc(CNC(=O)c2ccc(-n3c(=O)ccc4c(C)nc(N5CCC(C(C)=O)(c6ccccc6)CC5)nc43)cc2)cc1OC. The van der Waals surface area contributed by atoms with Crippen LogP contribution in [0.2, 0.25) is 0 Å². The van der Waals surface area contributed by atoms with Crippen molar-refractivity contribution in [2.24, 2.45) is 0 Å². The summed E-state index contributed by atoms with van der Waals surface area (Å²) in [6.07, 6.45) is 1.29. The molecule has 0 bridgehead atoms. The summed E-state index contributed by atoms with van der Waals surface area (Å²) in [4.78, 5) is 51.0. The third-order valence-corrected chi connectivity index (χ3v) is 9.12. The molecule has 10 heteroatoms. The number of hydrogen-bond acceptors (Lipinski definition) is 8. The molecule has 6 rings (SSSR count). The molecule has 1 aliphatic rings. The van der Waals surface area contributed by atoms with E-state index < -0.39 is 5.41 Å². The molecule has 1 N–H and O–H groups in total. The lowest BCUT2D eigenvalue weighted by molar-refractivity contribution is -0.123. The molecule has 240 valence electrons. The second kappa shape index (κ2) is 13.1. The molecule has 1 saturated heterocycles. The van der Waals surface area contributed by atoms with Gasteiger partial charge in [-0.05, 0) is 80.3 Å². The average molecular weight is 632 g/mol. The van der Waals surface area contributed by atoms with Gasteiger partial charge in [-0.1, -0.05) is 36.4 Å². The van der Waals surface area contributed by atoms with Crippen LogP contribution in [-0.2, 0) is 16.8 Å². The van der Waals surface area contributed by atoms with Gasteiger partial charge in [-0.3, -0.25) is 19.0 Å². The number of methoxy groups -OCH3 is 2. The summed E-state index contributed by atoms with van der Waals surface area (Å²) in [6.45, 7) is 5.08. The number of nitrogens with zero attached hydrogens (tertiary/aromatic N) is 4. The molecule has 0 aliphatic carbocycles. The van der Waals surface area contributed by atoms with Gasteiger partial charge in [-0.15, -0.1) is 0 Å². The van der Waals surface area contributed by atoms with Crippen molar-refractivity contribution >= 4 is 28.7 Å². The predicted molar refractivity (Wildman–Crippen MR) is 181 cm³/mol. The van der Waals surface area contributed by atoms with Crippen LogP contribution < -0.4 is 25.2 Å². The molecule has 0 spiro atoms. The molecule has 5 aromatic rings. The number of hydrogen-bond donors (Lipinski definition) is 1. The number of aryl methyl sites for hydroxylation is 1. The van der Waals surface area contributed by atoms with E-state index in [9.17, 15) is 14.4 Å². The van der Waals surface area contributed by atoms with Crippen LogP contribution >= 0.6 is 0 Å². The van der Waals surface area contributed by atoms with E-state index in [0.717, 1.165) is 22.2 Å². The van der Waals surface area contributed by atoms with Crippen LogP contribution in [0.4, 0.5) is 5.95 Å². The van der Waals surface area contributed by atoms with E-state index in [4.69, 9.17) is 19.4 Å². The molecule has 2 aromatic heterocycles. The molecule has 0 unspecified atom stereocenters. The van der Waals surface area contributed by atoms with Crippen LogP contribution in [0.25, 0.3) is 16.7 Å². The molecule has 3 heterocycles. The number of carbonyl (C=O) groups excluding carboxylic acids is 2. The van der Waals surface area contributed by atoms with Crippen molar-refractivity contribution in [3.63, 3.8) is 0 Å². The number of pyridine rings is 1. The Morgan fingerprint density at radius 2 is 1.57 bits per heavy atom. The van der Waals surface area contributed by atoms with Crippen LogP contribution in [0.3, 0.4) is 0 Å². The van der Waals surface area contributed by atoms with E-state index in [1.54, 1.807) is 62.1 Å². The third-order valence-electron chi connectivity index (χ3n) is 9.12. The summed E-state index contributed by atoms with van der Waals surface area (Å²) in [7, 11) is 3.14. The highest BCUT2D eigenvalue weighted by Gasteiger charge is 2.41. The first-order chi connectivity index (χ1) is 22.7. The summed E-state index contributed by atoms with van der Waals surface area (Å²) in [5.41, 5.74) is 3.38. The summed E-state index contributed by atoms with van der Waals surface area (Å²) in [6, 6.07) is 25.6. The largest absolute Gasteiger partial charge is 0.493 e. The first kappa shape index (κ1) is 31.5. The maximum atomic E-state index is 13.3. The number of benzene rings is 3. The van der Waals surface area contributed by atoms with Crippen LogP contribution in [-0.4, -0.2) is 53.5 Å². The van der Waals surface area contributed by atoms with Crippen molar-refractivity contribution in [3.05, 3.63) is 118 Å². The van der Waals surface area contributed by atoms with Gasteiger partial charge in [0.05, 0.1) is 31.0 Å². The summed E-state index contributed by atoms with van der Waals surface area (Å²) >= 11 is 0. The van der Waals surface area contributed by atoms with Crippen molar-refractivity contribution < 1.29 is 19.1 Å². The van der Waals surface area contributed by atoms with Gasteiger partial charge in [0.15, 0.2) is 17.1 Å². The number of nitrogens with one attached hydrogen (secondary N) is 1. The smallest absolute Gasteiger partial charge is 0.256 e. The van der Waals surface area contributed by atoms with Crippen molar-refractivity contribution in [1.82, 2.24) is 19.9 Å². The van der Waals surface area contributed by atoms with E-state index in [2.05, 4.69) is 10.2 Å². The minimum absolute atomic E-state index is 0.158. The second-order valence-electron chi connectivity index (χ2n) is 11.8. The molecular weight excluding hydrogens is 594 g/mol. The molecule has 0 radical (unpaired) electrons. The minimum atomic E-state index is -0.540. The Morgan fingerprint density at radius 1 is 0.872 bits per heavy atom. The quantitative estimate of drug-likeness (QED) is 0.237. The molecule has 10 nitrogen and oxygen atoms in total. The molecule has 0 atom stereocenters. The molecular formula is C37H37N5O5. The Hall–Kier alpha value is -5.51. The maximum Gasteiger partial charge on any atom is 0.256 e. The first-order valence-corrected chi connectivity index (χ1v) is 15.6. The minimum Gasteiger partial charge on any atom is -0.493 e. The summed E-state index contributed by atoms with van der Waals surface area (Å²) in [5, 5.41) is 3.68. The highest BCUT2D eigenvalue weighted by atomic mass is 16.5. The van der Waals surface area contributed by atoms with Crippen LogP contribution in [0.15, 0.2) is 89.7 Å². The first-order valence-electron chi connectivity index (χ1n) is 15.6. The van der Waals surface area contributed by atoms with E-state index in [1.165, 1.54) is 6.07 Å².